The van der Waals surface area contributed by atoms with Crippen LogP contribution in [-0.2, 0) is 11.2 Å². The predicted octanol–water partition coefficient (Wildman–Crippen LogP) is 0.982. The minimum atomic E-state index is -0.972. The number of aliphatic hydroxyl groups excluding tert-OH is 2. The number of rotatable bonds is 6. The topological polar surface area (TPSA) is 77.8 Å². The summed E-state index contributed by atoms with van der Waals surface area (Å²) in [6.07, 6.45) is -0.528. The van der Waals surface area contributed by atoms with Crippen LogP contribution in [-0.4, -0.2) is 34.0 Å². The van der Waals surface area contributed by atoms with E-state index in [1.807, 2.05) is 31.2 Å². The molecule has 0 bridgehead atoms. The van der Waals surface area contributed by atoms with Gasteiger partial charge in [-0.15, -0.1) is 0 Å². The normalized spacial score (nSPS) is 14.3. The lowest BCUT2D eigenvalue weighted by molar-refractivity contribution is -0.143. The number of benzene rings is 1. The molecule has 0 aliphatic rings. The zero-order valence-electron chi connectivity index (χ0n) is 9.84. The van der Waals surface area contributed by atoms with E-state index >= 15 is 0 Å². The summed E-state index contributed by atoms with van der Waals surface area (Å²) in [5.74, 6) is -1.61. The van der Waals surface area contributed by atoms with Crippen LogP contribution in [0.15, 0.2) is 24.3 Å². The zero-order chi connectivity index (χ0) is 12.8. The van der Waals surface area contributed by atoms with Gasteiger partial charge in [0.2, 0.25) is 0 Å². The third-order valence-electron chi connectivity index (χ3n) is 2.84. The van der Waals surface area contributed by atoms with Crippen molar-refractivity contribution in [3.8, 4) is 0 Å². The summed E-state index contributed by atoms with van der Waals surface area (Å²) in [4.78, 5) is 11.1. The van der Waals surface area contributed by atoms with Crippen molar-refractivity contribution in [3.63, 3.8) is 0 Å². The molecule has 1 aromatic carbocycles. The highest BCUT2D eigenvalue weighted by Gasteiger charge is 2.22. The van der Waals surface area contributed by atoms with Gasteiger partial charge in [0.1, 0.15) is 0 Å². The van der Waals surface area contributed by atoms with Crippen LogP contribution in [0.3, 0.4) is 0 Å². The van der Waals surface area contributed by atoms with E-state index < -0.39 is 24.6 Å². The summed E-state index contributed by atoms with van der Waals surface area (Å²) in [6, 6.07) is 7.58. The standard InChI is InChI=1S/C13H18O4/c1-9-4-2-3-5-10(9)6-11(13(16)17)7-12(15)8-14/h2-5,11-12,14-15H,6-8H2,1H3,(H,16,17). The first-order valence-electron chi connectivity index (χ1n) is 5.60. The maximum Gasteiger partial charge on any atom is 0.306 e. The molecule has 0 amide bonds. The van der Waals surface area contributed by atoms with Gasteiger partial charge < -0.3 is 15.3 Å². The minimum absolute atomic E-state index is 0.0696. The van der Waals surface area contributed by atoms with E-state index in [4.69, 9.17) is 10.2 Å². The van der Waals surface area contributed by atoms with Gasteiger partial charge in [-0.25, -0.2) is 0 Å². The molecule has 4 heteroatoms. The average Bonchev–Trinajstić information content (AvgIpc) is 2.30. The SMILES string of the molecule is Cc1ccccc1CC(CC(O)CO)C(=O)O. The number of hydrogen-bond acceptors (Lipinski definition) is 3. The summed E-state index contributed by atoms with van der Waals surface area (Å²) in [6.45, 7) is 1.52. The van der Waals surface area contributed by atoms with Gasteiger partial charge in [0, 0.05) is 0 Å². The van der Waals surface area contributed by atoms with Gasteiger partial charge in [-0.2, -0.15) is 0 Å². The molecule has 2 atom stereocenters. The van der Waals surface area contributed by atoms with Crippen LogP contribution in [0.2, 0.25) is 0 Å². The van der Waals surface area contributed by atoms with Gasteiger partial charge in [0.05, 0.1) is 18.6 Å². The summed E-state index contributed by atoms with van der Waals surface area (Å²) in [5, 5.41) is 27.1. The van der Waals surface area contributed by atoms with E-state index in [0.717, 1.165) is 11.1 Å². The third kappa shape index (κ3) is 4.17. The Hall–Kier alpha value is -1.39. The quantitative estimate of drug-likeness (QED) is 0.690. The molecule has 0 fully saturated rings. The highest BCUT2D eigenvalue weighted by Crippen LogP contribution is 2.17. The fourth-order valence-electron chi connectivity index (χ4n) is 1.78. The second-order valence-corrected chi connectivity index (χ2v) is 4.24. The van der Waals surface area contributed by atoms with Crippen molar-refractivity contribution < 1.29 is 20.1 Å². The largest absolute Gasteiger partial charge is 0.481 e. The molecular weight excluding hydrogens is 220 g/mol. The number of carboxylic acids is 1. The Kier molecular flexibility index (Phi) is 5.12. The Balaban J connectivity index is 2.74. The Labute approximate surface area is 101 Å². The molecule has 0 heterocycles. The molecule has 0 saturated heterocycles. The number of hydrogen-bond donors (Lipinski definition) is 3. The van der Waals surface area contributed by atoms with E-state index in [9.17, 15) is 9.90 Å². The number of aliphatic hydroxyl groups is 2. The Morgan fingerprint density at radius 2 is 2.00 bits per heavy atom. The van der Waals surface area contributed by atoms with Gasteiger partial charge in [-0.05, 0) is 30.9 Å². The molecule has 1 aromatic rings. The Morgan fingerprint density at radius 1 is 1.35 bits per heavy atom. The van der Waals surface area contributed by atoms with Crippen LogP contribution in [0.1, 0.15) is 17.5 Å². The van der Waals surface area contributed by atoms with Crippen LogP contribution in [0, 0.1) is 12.8 Å². The molecule has 4 nitrogen and oxygen atoms in total. The summed E-state index contributed by atoms with van der Waals surface area (Å²) in [7, 11) is 0. The molecule has 3 N–H and O–H groups in total. The predicted molar refractivity (Wildman–Crippen MR) is 63.7 cm³/mol. The van der Waals surface area contributed by atoms with Crippen molar-refractivity contribution in [2.75, 3.05) is 6.61 Å². The molecule has 0 spiro atoms. The van der Waals surface area contributed by atoms with Crippen molar-refractivity contribution in [3.05, 3.63) is 35.4 Å². The van der Waals surface area contributed by atoms with Crippen LogP contribution < -0.4 is 0 Å². The van der Waals surface area contributed by atoms with E-state index in [1.54, 1.807) is 0 Å². The lowest BCUT2D eigenvalue weighted by atomic mass is 9.92. The van der Waals surface area contributed by atoms with Crippen molar-refractivity contribution in [2.45, 2.75) is 25.9 Å². The third-order valence-corrected chi connectivity index (χ3v) is 2.84. The van der Waals surface area contributed by atoms with Gasteiger partial charge in [0.25, 0.3) is 0 Å². The average molecular weight is 238 g/mol. The second kappa shape index (κ2) is 6.37. The highest BCUT2D eigenvalue weighted by molar-refractivity contribution is 5.70. The fourth-order valence-corrected chi connectivity index (χ4v) is 1.78. The molecule has 17 heavy (non-hydrogen) atoms. The number of aliphatic carboxylic acids is 1. The van der Waals surface area contributed by atoms with Crippen LogP contribution >= 0.6 is 0 Å². The van der Waals surface area contributed by atoms with Crippen molar-refractivity contribution >= 4 is 5.97 Å². The van der Waals surface area contributed by atoms with Gasteiger partial charge in [0.15, 0.2) is 0 Å². The number of carboxylic acid groups (broad SMARTS) is 1. The van der Waals surface area contributed by atoms with E-state index in [-0.39, 0.29) is 6.42 Å². The Bertz CT molecular complexity index is 375. The maximum atomic E-state index is 11.1. The zero-order valence-corrected chi connectivity index (χ0v) is 9.84. The van der Waals surface area contributed by atoms with E-state index in [0.29, 0.717) is 6.42 Å². The first-order valence-corrected chi connectivity index (χ1v) is 5.60. The smallest absolute Gasteiger partial charge is 0.306 e. The van der Waals surface area contributed by atoms with E-state index in [1.165, 1.54) is 0 Å². The van der Waals surface area contributed by atoms with E-state index in [2.05, 4.69) is 0 Å². The second-order valence-electron chi connectivity index (χ2n) is 4.24. The molecule has 0 saturated carbocycles. The summed E-state index contributed by atoms with van der Waals surface area (Å²) in [5.41, 5.74) is 2.00. The lowest BCUT2D eigenvalue weighted by Crippen LogP contribution is -2.25. The molecule has 0 aliphatic carbocycles. The van der Waals surface area contributed by atoms with Gasteiger partial charge in [-0.1, -0.05) is 24.3 Å². The number of aryl methyl sites for hydroxylation is 1. The van der Waals surface area contributed by atoms with Gasteiger partial charge in [-0.3, -0.25) is 4.79 Å². The number of carbonyl (C=O) groups is 1. The molecule has 2 unspecified atom stereocenters. The molecule has 0 aromatic heterocycles. The van der Waals surface area contributed by atoms with Crippen LogP contribution in [0.5, 0.6) is 0 Å². The van der Waals surface area contributed by atoms with Gasteiger partial charge >= 0.3 is 5.97 Å². The molecule has 0 aliphatic heterocycles. The first kappa shape index (κ1) is 13.7. The minimum Gasteiger partial charge on any atom is -0.481 e. The monoisotopic (exact) mass is 238 g/mol. The van der Waals surface area contributed by atoms with Crippen molar-refractivity contribution in [2.24, 2.45) is 5.92 Å². The maximum absolute atomic E-state index is 11.1. The van der Waals surface area contributed by atoms with Crippen molar-refractivity contribution in [1.29, 1.82) is 0 Å². The molecular formula is C13H18O4. The van der Waals surface area contributed by atoms with Crippen LogP contribution in [0.25, 0.3) is 0 Å². The molecule has 0 radical (unpaired) electrons. The Morgan fingerprint density at radius 3 is 2.53 bits per heavy atom. The fraction of sp³-hybridized carbons (Fsp3) is 0.462. The van der Waals surface area contributed by atoms with Crippen molar-refractivity contribution in [1.82, 2.24) is 0 Å². The summed E-state index contributed by atoms with van der Waals surface area (Å²) < 4.78 is 0. The summed E-state index contributed by atoms with van der Waals surface area (Å²) >= 11 is 0. The highest BCUT2D eigenvalue weighted by atomic mass is 16.4. The molecule has 94 valence electrons. The van der Waals surface area contributed by atoms with Crippen LogP contribution in [0.4, 0.5) is 0 Å². The first-order chi connectivity index (χ1) is 8.04. The molecule has 1 rings (SSSR count). The lowest BCUT2D eigenvalue weighted by Gasteiger charge is -2.16.